The number of hydrogen-bond acceptors (Lipinski definition) is 6. The number of nitrogens with zero attached hydrogens (tertiary/aromatic N) is 6. The monoisotopic (exact) mass is 525 g/mol. The van der Waals surface area contributed by atoms with Crippen molar-refractivity contribution in [2.75, 3.05) is 39.5 Å². The molecule has 0 radical (unpaired) electrons. The summed E-state index contributed by atoms with van der Waals surface area (Å²) in [7, 11) is 7.34. The maximum Gasteiger partial charge on any atom is 0.273 e. The van der Waals surface area contributed by atoms with E-state index in [-0.39, 0.29) is 11.5 Å². The molecule has 1 aliphatic rings. The molecule has 0 spiro atoms. The quantitative estimate of drug-likeness (QED) is 0.412. The number of aromatic nitrogens is 4. The molecule has 0 aliphatic carbocycles. The maximum atomic E-state index is 12.7. The van der Waals surface area contributed by atoms with Gasteiger partial charge in [-0.25, -0.2) is 4.98 Å². The van der Waals surface area contributed by atoms with Gasteiger partial charge in [0.25, 0.3) is 11.5 Å². The Balaban J connectivity index is 1.38. The van der Waals surface area contributed by atoms with Crippen LogP contribution in [-0.4, -0.2) is 69.3 Å². The summed E-state index contributed by atoms with van der Waals surface area (Å²) in [4.78, 5) is 33.8. The molecule has 0 atom stereocenters. The highest BCUT2D eigenvalue weighted by atomic mass is 16.2. The molecule has 0 saturated carbocycles. The van der Waals surface area contributed by atoms with Gasteiger partial charge in [0.2, 0.25) is 0 Å². The van der Waals surface area contributed by atoms with Crippen LogP contribution in [0.25, 0.3) is 22.3 Å². The van der Waals surface area contributed by atoms with Gasteiger partial charge < -0.3 is 14.8 Å². The highest BCUT2D eigenvalue weighted by molar-refractivity contribution is 5.95. The Morgan fingerprint density at radius 2 is 1.87 bits per heavy atom. The fraction of sp³-hybridized carbons (Fsp3) is 0.333. The summed E-state index contributed by atoms with van der Waals surface area (Å²) in [5, 5.41) is 8.22. The van der Waals surface area contributed by atoms with Crippen LogP contribution >= 0.6 is 0 Å². The minimum atomic E-state index is -0.196. The van der Waals surface area contributed by atoms with Gasteiger partial charge in [-0.2, -0.15) is 9.78 Å². The van der Waals surface area contributed by atoms with E-state index in [1.807, 2.05) is 25.2 Å². The van der Waals surface area contributed by atoms with Crippen LogP contribution in [0.2, 0.25) is 0 Å². The number of benzene rings is 1. The fourth-order valence-corrected chi connectivity index (χ4v) is 5.48. The molecule has 4 aromatic rings. The standard InChI is InChI=1S/C30H35N7O2/c1-19-13-22(30(39)34(4)5)14-20(2)28(19)21-8-11-36(12-9-21)18-24-16-25-26(7-10-32-29(25)35(24)6)37-27(38)15-23(31-3)17-33-37/h7-8,10,13-17,31H,9,11-12,18H2,1-6H3. The molecule has 3 aromatic heterocycles. The van der Waals surface area contributed by atoms with E-state index in [2.05, 4.69) is 50.9 Å². The second kappa shape index (κ2) is 10.5. The first kappa shape index (κ1) is 26.4. The Bertz CT molecular complexity index is 1640. The van der Waals surface area contributed by atoms with Gasteiger partial charge in [-0.05, 0) is 66.8 Å². The number of aryl methyl sites for hydroxylation is 3. The number of fused-ring (bicyclic) bond motifs is 1. The summed E-state index contributed by atoms with van der Waals surface area (Å²) in [6.07, 6.45) is 6.62. The molecule has 0 fully saturated rings. The van der Waals surface area contributed by atoms with Crippen LogP contribution in [0.4, 0.5) is 5.69 Å². The second-order valence-electron chi connectivity index (χ2n) is 10.4. The average Bonchev–Trinajstić information content (AvgIpc) is 3.23. The van der Waals surface area contributed by atoms with E-state index in [1.165, 1.54) is 21.9 Å². The van der Waals surface area contributed by atoms with Crippen LogP contribution in [0, 0.1) is 13.8 Å². The Morgan fingerprint density at radius 1 is 1.13 bits per heavy atom. The minimum Gasteiger partial charge on any atom is -0.387 e. The van der Waals surface area contributed by atoms with Crippen molar-refractivity contribution in [1.29, 1.82) is 0 Å². The summed E-state index contributed by atoms with van der Waals surface area (Å²) in [5.74, 6) is 0.0276. The Morgan fingerprint density at radius 3 is 2.49 bits per heavy atom. The Labute approximate surface area is 228 Å². The van der Waals surface area contributed by atoms with E-state index < -0.39 is 0 Å². The maximum absolute atomic E-state index is 12.7. The van der Waals surface area contributed by atoms with Crippen molar-refractivity contribution in [2.45, 2.75) is 26.8 Å². The molecule has 0 unspecified atom stereocenters. The fourth-order valence-electron chi connectivity index (χ4n) is 5.48. The van der Waals surface area contributed by atoms with Crippen LogP contribution in [0.3, 0.4) is 0 Å². The second-order valence-corrected chi connectivity index (χ2v) is 10.4. The predicted molar refractivity (Wildman–Crippen MR) is 155 cm³/mol. The molecule has 9 nitrogen and oxygen atoms in total. The molecule has 202 valence electrons. The van der Waals surface area contributed by atoms with E-state index in [9.17, 15) is 9.59 Å². The van der Waals surface area contributed by atoms with Crippen LogP contribution in [-0.2, 0) is 13.6 Å². The lowest BCUT2D eigenvalue weighted by atomic mass is 9.90. The van der Waals surface area contributed by atoms with Gasteiger partial charge in [-0.3, -0.25) is 14.5 Å². The lowest BCUT2D eigenvalue weighted by molar-refractivity contribution is 0.0827. The molecule has 1 aliphatic heterocycles. The van der Waals surface area contributed by atoms with Gasteiger partial charge in [-0.15, -0.1) is 0 Å². The van der Waals surface area contributed by atoms with Crippen LogP contribution < -0.4 is 10.9 Å². The first-order valence-electron chi connectivity index (χ1n) is 13.1. The number of rotatable bonds is 6. The number of pyridine rings is 1. The van der Waals surface area contributed by atoms with E-state index in [4.69, 9.17) is 0 Å². The average molecular weight is 526 g/mol. The number of anilines is 1. The molecule has 1 N–H and O–H groups in total. The highest BCUT2D eigenvalue weighted by Gasteiger charge is 2.20. The van der Waals surface area contributed by atoms with Crippen molar-refractivity contribution < 1.29 is 4.79 Å². The summed E-state index contributed by atoms with van der Waals surface area (Å²) in [6.45, 7) is 6.72. The van der Waals surface area contributed by atoms with Crippen molar-refractivity contribution in [3.8, 4) is 5.69 Å². The van der Waals surface area contributed by atoms with E-state index in [1.54, 1.807) is 38.4 Å². The summed E-state index contributed by atoms with van der Waals surface area (Å²) >= 11 is 0. The third kappa shape index (κ3) is 4.97. The number of carbonyl (C=O) groups excluding carboxylic acids is 1. The van der Waals surface area contributed by atoms with Gasteiger partial charge >= 0.3 is 0 Å². The molecule has 39 heavy (non-hydrogen) atoms. The van der Waals surface area contributed by atoms with Crippen molar-refractivity contribution >= 4 is 28.2 Å². The Hall–Kier alpha value is -4.24. The van der Waals surface area contributed by atoms with Crippen LogP contribution in [0.15, 0.2) is 53.6 Å². The van der Waals surface area contributed by atoms with E-state index in [0.29, 0.717) is 5.69 Å². The van der Waals surface area contributed by atoms with Crippen molar-refractivity contribution in [1.82, 2.24) is 29.1 Å². The van der Waals surface area contributed by atoms with Gasteiger partial charge in [0, 0.05) is 76.7 Å². The van der Waals surface area contributed by atoms with Gasteiger partial charge in [-0.1, -0.05) is 6.08 Å². The largest absolute Gasteiger partial charge is 0.387 e. The first-order valence-corrected chi connectivity index (χ1v) is 13.1. The molecular weight excluding hydrogens is 490 g/mol. The SMILES string of the molecule is CNc1cnn(-c2ccnc3c2cc(CN2CC=C(c4c(C)cc(C(=O)N(C)C)cc4C)CC2)n3C)c(=O)c1. The van der Waals surface area contributed by atoms with E-state index in [0.717, 1.165) is 65.2 Å². The minimum absolute atomic E-state index is 0.0276. The van der Waals surface area contributed by atoms with Crippen molar-refractivity contribution in [3.63, 3.8) is 0 Å². The van der Waals surface area contributed by atoms with Crippen LogP contribution in [0.5, 0.6) is 0 Å². The molecular formula is C30H35N7O2. The van der Waals surface area contributed by atoms with E-state index >= 15 is 0 Å². The number of amides is 1. The number of nitrogens with one attached hydrogen (secondary N) is 1. The first-order chi connectivity index (χ1) is 18.7. The molecule has 1 aromatic carbocycles. The third-order valence-corrected chi connectivity index (χ3v) is 7.51. The lowest BCUT2D eigenvalue weighted by Crippen LogP contribution is -2.29. The summed E-state index contributed by atoms with van der Waals surface area (Å²) in [5.41, 5.74) is 8.74. The van der Waals surface area contributed by atoms with Crippen molar-refractivity contribution in [2.24, 2.45) is 7.05 Å². The summed E-state index contributed by atoms with van der Waals surface area (Å²) < 4.78 is 3.52. The molecule has 0 saturated heterocycles. The highest BCUT2D eigenvalue weighted by Crippen LogP contribution is 2.31. The summed E-state index contributed by atoms with van der Waals surface area (Å²) in [6, 6.07) is 9.50. The molecule has 4 heterocycles. The van der Waals surface area contributed by atoms with Gasteiger partial charge in [0.15, 0.2) is 0 Å². The lowest BCUT2D eigenvalue weighted by Gasteiger charge is -2.28. The third-order valence-electron chi connectivity index (χ3n) is 7.51. The Kier molecular flexibility index (Phi) is 7.10. The number of hydrogen-bond donors (Lipinski definition) is 1. The normalized spacial score (nSPS) is 13.9. The smallest absolute Gasteiger partial charge is 0.273 e. The van der Waals surface area contributed by atoms with Gasteiger partial charge in [0.1, 0.15) is 5.65 Å². The topological polar surface area (TPSA) is 88.3 Å². The molecule has 1 amide bonds. The number of carbonyl (C=O) groups is 1. The van der Waals surface area contributed by atoms with Gasteiger partial charge in [0.05, 0.1) is 17.6 Å². The van der Waals surface area contributed by atoms with Crippen molar-refractivity contribution in [3.05, 3.63) is 87.1 Å². The molecule has 0 bridgehead atoms. The van der Waals surface area contributed by atoms with Crippen LogP contribution in [0.1, 0.15) is 39.2 Å². The molecule has 9 heteroatoms. The zero-order valence-electron chi connectivity index (χ0n) is 23.4. The zero-order valence-corrected chi connectivity index (χ0v) is 23.4. The predicted octanol–water partition coefficient (Wildman–Crippen LogP) is 3.77. The zero-order chi connectivity index (χ0) is 27.8. The molecule has 5 rings (SSSR count).